The van der Waals surface area contributed by atoms with Crippen LogP contribution in [0.1, 0.15) is 19.3 Å². The van der Waals surface area contributed by atoms with Gasteiger partial charge in [0.05, 0.1) is 19.4 Å². The van der Waals surface area contributed by atoms with E-state index >= 15 is 0 Å². The van der Waals surface area contributed by atoms with Crippen molar-refractivity contribution in [2.24, 2.45) is 11.3 Å². The summed E-state index contributed by atoms with van der Waals surface area (Å²) in [5.74, 6) is 1.79. The molecule has 0 N–H and O–H groups in total. The van der Waals surface area contributed by atoms with E-state index in [2.05, 4.69) is 24.8 Å². The predicted molar refractivity (Wildman–Crippen MR) is 92.4 cm³/mol. The van der Waals surface area contributed by atoms with Gasteiger partial charge in [0.25, 0.3) is 0 Å². The minimum Gasteiger partial charge on any atom is -0.476 e. The Morgan fingerprint density at radius 3 is 2.68 bits per heavy atom. The fourth-order valence-corrected chi connectivity index (χ4v) is 3.92. The van der Waals surface area contributed by atoms with Crippen molar-refractivity contribution in [3.8, 4) is 5.88 Å². The van der Waals surface area contributed by atoms with Gasteiger partial charge in [-0.1, -0.05) is 0 Å². The molecule has 2 fully saturated rings. The summed E-state index contributed by atoms with van der Waals surface area (Å²) in [5.41, 5.74) is 0.270. The first kappa shape index (κ1) is 16.2. The molecule has 2 aromatic rings. The largest absolute Gasteiger partial charge is 0.476 e. The number of aromatic nitrogens is 4. The molecule has 0 aromatic carbocycles. The van der Waals surface area contributed by atoms with Crippen molar-refractivity contribution < 1.29 is 9.47 Å². The van der Waals surface area contributed by atoms with Gasteiger partial charge in [-0.3, -0.25) is 4.98 Å². The highest BCUT2D eigenvalue weighted by molar-refractivity contribution is 5.29. The number of rotatable bonds is 4. The second-order valence-corrected chi connectivity index (χ2v) is 6.77. The van der Waals surface area contributed by atoms with Crippen LogP contribution in [0.15, 0.2) is 37.1 Å². The van der Waals surface area contributed by atoms with E-state index in [1.54, 1.807) is 31.0 Å². The maximum Gasteiger partial charge on any atom is 0.232 e. The number of nitrogens with zero attached hydrogens (tertiary/aromatic N) is 5. The standard InChI is InChI=1S/C18H23N5O2/c1-5-21-17(22-6-1)23-9-2-18(3-10-23)4-11-24-13-15(18)14-25-16-12-19-7-8-20-16/h1,5-8,12,15H,2-4,9-11,13-14H2/t15-/m0/s1. The number of hydrogen-bond donors (Lipinski definition) is 0. The number of ether oxygens (including phenoxy) is 2. The van der Waals surface area contributed by atoms with E-state index in [1.165, 1.54) is 0 Å². The van der Waals surface area contributed by atoms with E-state index in [4.69, 9.17) is 9.47 Å². The summed E-state index contributed by atoms with van der Waals surface area (Å²) in [6.45, 7) is 4.17. The van der Waals surface area contributed by atoms with E-state index in [1.807, 2.05) is 6.07 Å². The van der Waals surface area contributed by atoms with E-state index in [0.717, 1.165) is 51.5 Å². The molecule has 2 aliphatic heterocycles. The Morgan fingerprint density at radius 2 is 1.92 bits per heavy atom. The normalized spacial score (nSPS) is 22.7. The van der Waals surface area contributed by atoms with Crippen molar-refractivity contribution in [2.45, 2.75) is 19.3 Å². The molecule has 1 atom stereocenters. The first-order valence-corrected chi connectivity index (χ1v) is 8.84. The Bertz CT molecular complexity index is 662. The summed E-state index contributed by atoms with van der Waals surface area (Å²) < 4.78 is 11.6. The van der Waals surface area contributed by atoms with E-state index in [-0.39, 0.29) is 5.41 Å². The van der Waals surface area contributed by atoms with Crippen molar-refractivity contribution in [3.05, 3.63) is 37.1 Å². The highest BCUT2D eigenvalue weighted by atomic mass is 16.5. The summed E-state index contributed by atoms with van der Waals surface area (Å²) in [5, 5.41) is 0. The van der Waals surface area contributed by atoms with Crippen LogP contribution in [0.25, 0.3) is 0 Å². The summed E-state index contributed by atoms with van der Waals surface area (Å²) >= 11 is 0. The van der Waals surface area contributed by atoms with E-state index in [0.29, 0.717) is 18.4 Å². The Kier molecular flexibility index (Phi) is 4.74. The fourth-order valence-electron chi connectivity index (χ4n) is 3.92. The van der Waals surface area contributed by atoms with Gasteiger partial charge in [-0.15, -0.1) is 0 Å². The predicted octanol–water partition coefficient (Wildman–Crippen LogP) is 1.97. The lowest BCUT2D eigenvalue weighted by Gasteiger charge is -2.48. The summed E-state index contributed by atoms with van der Waals surface area (Å²) in [6, 6.07) is 1.85. The van der Waals surface area contributed by atoms with Crippen LogP contribution in [0.4, 0.5) is 5.95 Å². The quantitative estimate of drug-likeness (QED) is 0.842. The van der Waals surface area contributed by atoms with Crippen LogP contribution < -0.4 is 9.64 Å². The SMILES string of the molecule is c1cnc(N2CCC3(CCOC[C@H]3COc3cnccn3)CC2)nc1. The van der Waals surface area contributed by atoms with E-state index in [9.17, 15) is 0 Å². The van der Waals surface area contributed by atoms with Crippen LogP contribution in [-0.2, 0) is 4.74 Å². The van der Waals surface area contributed by atoms with Crippen LogP contribution >= 0.6 is 0 Å². The van der Waals surface area contributed by atoms with Gasteiger partial charge in [0.1, 0.15) is 0 Å². The average Bonchev–Trinajstić information content (AvgIpc) is 2.69. The molecule has 2 aromatic heterocycles. The lowest BCUT2D eigenvalue weighted by Crippen LogP contribution is -2.50. The Hall–Kier alpha value is -2.28. The maximum atomic E-state index is 5.89. The minimum absolute atomic E-state index is 0.270. The van der Waals surface area contributed by atoms with Crippen LogP contribution in [0.3, 0.4) is 0 Å². The van der Waals surface area contributed by atoms with E-state index < -0.39 is 0 Å². The van der Waals surface area contributed by atoms with Crippen LogP contribution in [-0.4, -0.2) is 52.8 Å². The molecular weight excluding hydrogens is 318 g/mol. The van der Waals surface area contributed by atoms with Crippen molar-refractivity contribution in [1.29, 1.82) is 0 Å². The van der Waals surface area contributed by atoms with Crippen LogP contribution in [0.2, 0.25) is 0 Å². The lowest BCUT2D eigenvalue weighted by molar-refractivity contribution is -0.0701. The first-order valence-electron chi connectivity index (χ1n) is 8.84. The molecule has 0 unspecified atom stereocenters. The van der Waals surface area contributed by atoms with Gasteiger partial charge in [-0.05, 0) is 30.7 Å². The monoisotopic (exact) mass is 341 g/mol. The third-order valence-electron chi connectivity index (χ3n) is 5.50. The molecular formula is C18H23N5O2. The van der Waals surface area contributed by atoms with Crippen molar-refractivity contribution in [1.82, 2.24) is 19.9 Å². The molecule has 25 heavy (non-hydrogen) atoms. The van der Waals surface area contributed by atoms with Gasteiger partial charge < -0.3 is 14.4 Å². The molecule has 0 aliphatic carbocycles. The Balaban J connectivity index is 1.40. The zero-order valence-corrected chi connectivity index (χ0v) is 14.3. The Labute approximate surface area is 147 Å². The molecule has 0 amide bonds. The number of hydrogen-bond acceptors (Lipinski definition) is 7. The van der Waals surface area contributed by atoms with Crippen LogP contribution in [0.5, 0.6) is 5.88 Å². The smallest absolute Gasteiger partial charge is 0.232 e. The number of piperidine rings is 1. The zero-order valence-electron chi connectivity index (χ0n) is 14.3. The number of anilines is 1. The highest BCUT2D eigenvalue weighted by Gasteiger charge is 2.44. The van der Waals surface area contributed by atoms with Gasteiger partial charge in [-0.2, -0.15) is 0 Å². The highest BCUT2D eigenvalue weighted by Crippen LogP contribution is 2.45. The molecule has 7 nitrogen and oxygen atoms in total. The van der Waals surface area contributed by atoms with Crippen LogP contribution in [0, 0.1) is 11.3 Å². The fraction of sp³-hybridized carbons (Fsp3) is 0.556. The van der Waals surface area contributed by atoms with Gasteiger partial charge in [-0.25, -0.2) is 15.0 Å². The summed E-state index contributed by atoms with van der Waals surface area (Å²) in [6.07, 6.45) is 11.9. The molecule has 4 rings (SSSR count). The minimum atomic E-state index is 0.270. The van der Waals surface area contributed by atoms with Gasteiger partial charge in [0.15, 0.2) is 0 Å². The second-order valence-electron chi connectivity index (χ2n) is 6.77. The topological polar surface area (TPSA) is 73.3 Å². The van der Waals surface area contributed by atoms with Crippen molar-refractivity contribution in [2.75, 3.05) is 37.8 Å². The molecule has 4 heterocycles. The molecule has 0 radical (unpaired) electrons. The molecule has 2 saturated heterocycles. The molecule has 2 aliphatic rings. The average molecular weight is 341 g/mol. The summed E-state index contributed by atoms with van der Waals surface area (Å²) in [7, 11) is 0. The molecule has 7 heteroatoms. The Morgan fingerprint density at radius 1 is 1.08 bits per heavy atom. The second kappa shape index (κ2) is 7.31. The van der Waals surface area contributed by atoms with Crippen molar-refractivity contribution >= 4 is 5.95 Å². The van der Waals surface area contributed by atoms with Gasteiger partial charge in [0.2, 0.25) is 11.8 Å². The summed E-state index contributed by atoms with van der Waals surface area (Å²) in [4.78, 5) is 19.3. The zero-order chi connectivity index (χ0) is 17.0. The van der Waals surface area contributed by atoms with Crippen molar-refractivity contribution in [3.63, 3.8) is 0 Å². The first-order chi connectivity index (χ1) is 12.4. The molecule has 0 bridgehead atoms. The molecule has 1 spiro atoms. The lowest BCUT2D eigenvalue weighted by atomic mass is 9.66. The third kappa shape index (κ3) is 3.56. The molecule has 0 saturated carbocycles. The maximum absolute atomic E-state index is 5.89. The van der Waals surface area contributed by atoms with Gasteiger partial charge >= 0.3 is 0 Å². The third-order valence-corrected chi connectivity index (χ3v) is 5.50. The molecule has 132 valence electrons. The van der Waals surface area contributed by atoms with Gasteiger partial charge in [0, 0.05) is 50.4 Å².